The van der Waals surface area contributed by atoms with E-state index in [0.29, 0.717) is 0 Å². The van der Waals surface area contributed by atoms with Gasteiger partial charge in [-0.1, -0.05) is 24.3 Å². The Balaban J connectivity index is 1.57. The Morgan fingerprint density at radius 1 is 1.23 bits per heavy atom. The number of aryl methyl sites for hydroxylation is 1. The maximum atomic E-state index is 12.3. The maximum Gasteiger partial charge on any atom is 0.326 e. The number of nitrogens with zero attached hydrogens (tertiary/aromatic N) is 1. The number of aromatic nitrogens is 2. The molecule has 8 nitrogen and oxygen atoms in total. The lowest BCUT2D eigenvalue weighted by atomic mass is 10.0. The second kappa shape index (κ2) is 7.57. The number of hydrogen-bond acceptors (Lipinski definition) is 5. The summed E-state index contributed by atoms with van der Waals surface area (Å²) < 4.78 is 0. The number of likely N-dealkylation sites (tertiary alicyclic amines) is 1. The van der Waals surface area contributed by atoms with Crippen molar-refractivity contribution in [2.24, 2.45) is 0 Å². The summed E-state index contributed by atoms with van der Waals surface area (Å²) in [6.45, 7) is 4.72. The van der Waals surface area contributed by atoms with E-state index in [9.17, 15) is 14.4 Å². The highest BCUT2D eigenvalue weighted by Gasteiger charge is 2.23. The maximum absolute atomic E-state index is 12.3. The zero-order valence-corrected chi connectivity index (χ0v) is 14.7. The Morgan fingerprint density at radius 3 is 2.62 bits per heavy atom. The zero-order valence-electron chi connectivity index (χ0n) is 14.7. The molecule has 2 heterocycles. The molecule has 0 saturated carbocycles. The number of nitrogen functional groups attached to an aromatic ring is 1. The fourth-order valence-corrected chi connectivity index (χ4v) is 3.20. The number of aromatic amines is 2. The van der Waals surface area contributed by atoms with Crippen molar-refractivity contribution >= 4 is 11.6 Å². The number of anilines is 1. The summed E-state index contributed by atoms with van der Waals surface area (Å²) >= 11 is 0. The van der Waals surface area contributed by atoms with Crippen molar-refractivity contribution in [3.8, 4) is 0 Å². The number of carbonyl (C=O) groups excluding carboxylic acids is 1. The molecule has 8 heteroatoms. The fourth-order valence-electron chi connectivity index (χ4n) is 3.20. The Labute approximate surface area is 150 Å². The molecule has 26 heavy (non-hydrogen) atoms. The first-order chi connectivity index (χ1) is 12.4. The molecule has 138 valence electrons. The minimum absolute atomic E-state index is 0.0159. The normalized spacial score (nSPS) is 15.7. The Bertz CT molecular complexity index is 910. The van der Waals surface area contributed by atoms with Crippen LogP contribution in [0, 0.1) is 6.92 Å². The number of carbonyl (C=O) groups is 1. The predicted molar refractivity (Wildman–Crippen MR) is 99.0 cm³/mol. The van der Waals surface area contributed by atoms with E-state index < -0.39 is 17.2 Å². The van der Waals surface area contributed by atoms with Crippen LogP contribution in [0.1, 0.15) is 34.5 Å². The monoisotopic (exact) mass is 357 g/mol. The van der Waals surface area contributed by atoms with Gasteiger partial charge >= 0.3 is 5.69 Å². The van der Waals surface area contributed by atoms with Crippen molar-refractivity contribution in [2.75, 3.05) is 18.8 Å². The first kappa shape index (κ1) is 17.9. The molecule has 1 saturated heterocycles. The van der Waals surface area contributed by atoms with E-state index in [1.54, 1.807) is 0 Å². The van der Waals surface area contributed by atoms with Crippen molar-refractivity contribution < 1.29 is 4.79 Å². The Morgan fingerprint density at radius 2 is 1.92 bits per heavy atom. The molecular weight excluding hydrogens is 334 g/mol. The van der Waals surface area contributed by atoms with Gasteiger partial charge in [-0.15, -0.1) is 0 Å². The van der Waals surface area contributed by atoms with Gasteiger partial charge in [-0.25, -0.2) is 4.79 Å². The van der Waals surface area contributed by atoms with E-state index in [4.69, 9.17) is 5.73 Å². The van der Waals surface area contributed by atoms with Crippen LogP contribution in [0.5, 0.6) is 0 Å². The summed E-state index contributed by atoms with van der Waals surface area (Å²) in [6, 6.07) is 8.30. The quantitative estimate of drug-likeness (QED) is 0.628. The van der Waals surface area contributed by atoms with Gasteiger partial charge in [0.15, 0.2) is 0 Å². The zero-order chi connectivity index (χ0) is 18.7. The van der Waals surface area contributed by atoms with Crippen LogP contribution in [0.2, 0.25) is 0 Å². The van der Waals surface area contributed by atoms with Crippen molar-refractivity contribution in [1.82, 2.24) is 20.2 Å². The molecule has 0 spiro atoms. The van der Waals surface area contributed by atoms with E-state index in [2.05, 4.69) is 34.3 Å². The molecule has 0 bridgehead atoms. The number of benzene rings is 1. The van der Waals surface area contributed by atoms with E-state index in [0.717, 1.165) is 32.5 Å². The van der Waals surface area contributed by atoms with E-state index in [-0.39, 0.29) is 17.4 Å². The van der Waals surface area contributed by atoms with Gasteiger partial charge in [0.2, 0.25) is 0 Å². The molecule has 1 aromatic carbocycles. The number of H-pyrrole nitrogens is 2. The molecule has 0 atom stereocenters. The highest BCUT2D eigenvalue weighted by Crippen LogP contribution is 2.16. The van der Waals surface area contributed by atoms with Crippen LogP contribution in [0.4, 0.5) is 5.69 Å². The van der Waals surface area contributed by atoms with Gasteiger partial charge < -0.3 is 16.0 Å². The molecule has 1 fully saturated rings. The Hall–Kier alpha value is -2.87. The molecule has 3 rings (SSSR count). The molecule has 1 aliphatic heterocycles. The summed E-state index contributed by atoms with van der Waals surface area (Å²) in [5, 5.41) is 2.86. The molecule has 1 amide bonds. The second-order valence-corrected chi connectivity index (χ2v) is 6.65. The summed E-state index contributed by atoms with van der Waals surface area (Å²) in [6.07, 6.45) is 1.59. The molecule has 2 aromatic rings. The predicted octanol–water partition coefficient (Wildman–Crippen LogP) is 0.348. The lowest BCUT2D eigenvalue weighted by Gasteiger charge is -2.32. The van der Waals surface area contributed by atoms with Gasteiger partial charge in [-0.05, 0) is 30.9 Å². The van der Waals surface area contributed by atoms with Gasteiger partial charge in [0, 0.05) is 25.7 Å². The van der Waals surface area contributed by atoms with Gasteiger partial charge in [-0.2, -0.15) is 0 Å². The van der Waals surface area contributed by atoms with Gasteiger partial charge in [0.1, 0.15) is 11.4 Å². The van der Waals surface area contributed by atoms with Crippen LogP contribution < -0.4 is 22.3 Å². The van der Waals surface area contributed by atoms with Crippen LogP contribution in [-0.2, 0) is 6.54 Å². The second-order valence-electron chi connectivity index (χ2n) is 6.65. The smallest absolute Gasteiger partial charge is 0.326 e. The molecule has 5 N–H and O–H groups in total. The van der Waals surface area contributed by atoms with Crippen LogP contribution in [-0.4, -0.2) is 39.9 Å². The van der Waals surface area contributed by atoms with E-state index in [1.165, 1.54) is 11.1 Å². The number of piperidine rings is 1. The Kier molecular flexibility index (Phi) is 5.22. The lowest BCUT2D eigenvalue weighted by Crippen LogP contribution is -2.45. The molecule has 0 aliphatic carbocycles. The highest BCUT2D eigenvalue weighted by molar-refractivity contribution is 5.96. The van der Waals surface area contributed by atoms with Crippen molar-refractivity contribution in [3.05, 3.63) is 61.9 Å². The van der Waals surface area contributed by atoms with Gasteiger partial charge in [-0.3, -0.25) is 19.5 Å². The van der Waals surface area contributed by atoms with E-state index in [1.807, 2.05) is 17.1 Å². The average molecular weight is 357 g/mol. The highest BCUT2D eigenvalue weighted by atomic mass is 16.2. The molecule has 0 radical (unpaired) electrons. The number of rotatable bonds is 4. The first-order valence-corrected chi connectivity index (χ1v) is 8.64. The summed E-state index contributed by atoms with van der Waals surface area (Å²) in [7, 11) is 0. The third-order valence-corrected chi connectivity index (χ3v) is 4.78. The molecule has 1 aliphatic rings. The average Bonchev–Trinajstić information content (AvgIpc) is 2.61. The molecular formula is C18H23N5O3. The third kappa shape index (κ3) is 4.02. The van der Waals surface area contributed by atoms with Crippen LogP contribution in [0.3, 0.4) is 0 Å². The van der Waals surface area contributed by atoms with Crippen LogP contribution in [0.25, 0.3) is 0 Å². The fraction of sp³-hybridized carbons (Fsp3) is 0.389. The summed E-state index contributed by atoms with van der Waals surface area (Å²) in [4.78, 5) is 41.8. The van der Waals surface area contributed by atoms with Gasteiger partial charge in [0.25, 0.3) is 11.5 Å². The number of nitrogens with two attached hydrogens (primary N) is 1. The van der Waals surface area contributed by atoms with Crippen molar-refractivity contribution in [1.29, 1.82) is 0 Å². The minimum atomic E-state index is -0.757. The number of nitrogens with one attached hydrogen (secondary N) is 3. The van der Waals surface area contributed by atoms with Crippen molar-refractivity contribution in [2.45, 2.75) is 32.4 Å². The minimum Gasteiger partial charge on any atom is -0.392 e. The molecule has 1 aromatic heterocycles. The van der Waals surface area contributed by atoms with Gasteiger partial charge in [0.05, 0.1) is 0 Å². The summed E-state index contributed by atoms with van der Waals surface area (Å²) in [5.74, 6) is -0.525. The third-order valence-electron chi connectivity index (χ3n) is 4.78. The SMILES string of the molecule is Cc1ccccc1CN1CCC(NC(=O)c2[nH]c(=O)[nH]c(=O)c2N)CC1. The lowest BCUT2D eigenvalue weighted by molar-refractivity contribution is 0.0904. The van der Waals surface area contributed by atoms with Crippen LogP contribution >= 0.6 is 0 Å². The summed E-state index contributed by atoms with van der Waals surface area (Å²) in [5.41, 5.74) is 6.22. The first-order valence-electron chi connectivity index (χ1n) is 8.64. The largest absolute Gasteiger partial charge is 0.392 e. The van der Waals surface area contributed by atoms with E-state index >= 15 is 0 Å². The number of hydrogen-bond donors (Lipinski definition) is 4. The standard InChI is InChI=1S/C18H23N5O3/c1-11-4-2-3-5-12(11)10-23-8-6-13(7-9-23)20-17(25)15-14(19)16(24)22-18(26)21-15/h2-5,13H,6-10,19H2,1H3,(H,20,25)(H2,21,22,24,26). The molecule has 0 unspecified atom stereocenters. The topological polar surface area (TPSA) is 124 Å². The van der Waals surface area contributed by atoms with Crippen LogP contribution in [0.15, 0.2) is 33.9 Å². The number of amides is 1. The van der Waals surface area contributed by atoms with Crippen molar-refractivity contribution in [3.63, 3.8) is 0 Å².